The zero-order valence-corrected chi connectivity index (χ0v) is 15.4. The summed E-state index contributed by atoms with van der Waals surface area (Å²) in [5.41, 5.74) is 0. The van der Waals surface area contributed by atoms with Crippen molar-refractivity contribution >= 4 is 16.0 Å². The molecule has 2 bridgehead atoms. The van der Waals surface area contributed by atoms with Crippen LogP contribution in [0.15, 0.2) is 47.4 Å². The van der Waals surface area contributed by atoms with Crippen LogP contribution in [0, 0.1) is 5.92 Å². The number of hydrogen-bond acceptors (Lipinski definition) is 4. The highest BCUT2D eigenvalue weighted by Crippen LogP contribution is 2.41. The summed E-state index contributed by atoms with van der Waals surface area (Å²) < 4.78 is 34.1. The molecule has 2 aliphatic rings. The minimum Gasteiger partial charge on any atom is -0.481 e. The fourth-order valence-corrected chi connectivity index (χ4v) is 5.16. The lowest BCUT2D eigenvalue weighted by atomic mass is 9.83. The normalized spacial score (nSPS) is 28.0. The standard InChI is InChI=1S/C19H25NO5S/c21-18(22)11-7-2-1-6-10-15-16-12-13-17(25-16)19(15)20-26(23,24)14-8-4-3-5-9-14/h1,3-6,8-9,15-17,19-20H,2,7,10-13H2,(H,21,22)/t15-,16-,17+,19+/m1/s1. The van der Waals surface area contributed by atoms with E-state index in [9.17, 15) is 13.2 Å². The number of benzene rings is 1. The van der Waals surface area contributed by atoms with Crippen LogP contribution in [-0.4, -0.2) is 37.7 Å². The van der Waals surface area contributed by atoms with E-state index in [0.29, 0.717) is 12.8 Å². The van der Waals surface area contributed by atoms with Crippen molar-refractivity contribution in [2.45, 2.75) is 61.7 Å². The number of carboxylic acids is 1. The number of sulfonamides is 1. The van der Waals surface area contributed by atoms with Gasteiger partial charge in [-0.05, 0) is 44.2 Å². The Morgan fingerprint density at radius 2 is 1.92 bits per heavy atom. The van der Waals surface area contributed by atoms with Gasteiger partial charge in [-0.3, -0.25) is 4.79 Å². The van der Waals surface area contributed by atoms with E-state index >= 15 is 0 Å². The van der Waals surface area contributed by atoms with Gasteiger partial charge in [-0.15, -0.1) is 0 Å². The molecule has 1 aromatic carbocycles. The Labute approximate surface area is 154 Å². The Kier molecular flexibility index (Phi) is 6.11. The first kappa shape index (κ1) is 19.1. The van der Waals surface area contributed by atoms with Crippen LogP contribution in [0.3, 0.4) is 0 Å². The zero-order chi connectivity index (χ0) is 18.6. The molecule has 0 unspecified atom stereocenters. The predicted octanol–water partition coefficient (Wildman–Crippen LogP) is 2.71. The number of ether oxygens (including phenoxy) is 1. The smallest absolute Gasteiger partial charge is 0.303 e. The average Bonchev–Trinajstić information content (AvgIpc) is 3.20. The van der Waals surface area contributed by atoms with Crippen molar-refractivity contribution in [3.8, 4) is 0 Å². The predicted molar refractivity (Wildman–Crippen MR) is 97.2 cm³/mol. The number of allylic oxidation sites excluding steroid dienone is 2. The highest BCUT2D eigenvalue weighted by atomic mass is 32.2. The molecule has 1 aromatic rings. The first-order valence-electron chi connectivity index (χ1n) is 9.07. The van der Waals surface area contributed by atoms with Gasteiger partial charge in [0.25, 0.3) is 0 Å². The topological polar surface area (TPSA) is 92.7 Å². The molecule has 0 radical (unpaired) electrons. The van der Waals surface area contributed by atoms with Gasteiger partial charge in [0.15, 0.2) is 0 Å². The molecule has 0 aromatic heterocycles. The van der Waals surface area contributed by atoms with Gasteiger partial charge in [0, 0.05) is 12.3 Å². The van der Waals surface area contributed by atoms with E-state index in [0.717, 1.165) is 19.3 Å². The molecule has 2 heterocycles. The van der Waals surface area contributed by atoms with Gasteiger partial charge >= 0.3 is 5.97 Å². The van der Waals surface area contributed by atoms with E-state index in [2.05, 4.69) is 4.72 Å². The summed E-state index contributed by atoms with van der Waals surface area (Å²) in [5.74, 6) is -0.668. The maximum Gasteiger partial charge on any atom is 0.303 e. The summed E-state index contributed by atoms with van der Waals surface area (Å²) in [4.78, 5) is 10.8. The molecule has 4 atom stereocenters. The Balaban J connectivity index is 1.60. The van der Waals surface area contributed by atoms with Crippen molar-refractivity contribution in [2.75, 3.05) is 0 Å². The van der Waals surface area contributed by atoms with Crippen LogP contribution in [0.2, 0.25) is 0 Å². The van der Waals surface area contributed by atoms with Crippen molar-refractivity contribution in [1.82, 2.24) is 4.72 Å². The second kappa shape index (κ2) is 8.33. The van der Waals surface area contributed by atoms with E-state index in [1.54, 1.807) is 30.3 Å². The summed E-state index contributed by atoms with van der Waals surface area (Å²) in [6, 6.07) is 8.17. The molecule has 2 fully saturated rings. The van der Waals surface area contributed by atoms with E-state index in [-0.39, 0.29) is 35.5 Å². The number of hydrogen-bond donors (Lipinski definition) is 2. The third-order valence-electron chi connectivity index (χ3n) is 5.11. The number of nitrogens with one attached hydrogen (secondary N) is 1. The van der Waals surface area contributed by atoms with Gasteiger partial charge in [-0.1, -0.05) is 30.4 Å². The van der Waals surface area contributed by atoms with Crippen LogP contribution >= 0.6 is 0 Å². The third-order valence-corrected chi connectivity index (χ3v) is 6.58. The van der Waals surface area contributed by atoms with Crippen molar-refractivity contribution in [3.63, 3.8) is 0 Å². The Hall–Kier alpha value is -1.70. The van der Waals surface area contributed by atoms with Crippen molar-refractivity contribution in [3.05, 3.63) is 42.5 Å². The van der Waals surface area contributed by atoms with Crippen LogP contribution in [0.4, 0.5) is 0 Å². The molecular weight excluding hydrogens is 354 g/mol. The SMILES string of the molecule is O=C(O)CCCC=CC[C@H]1[C@H](NS(=O)(=O)c2ccccc2)[C@@H]2CC[C@H]1O2. The largest absolute Gasteiger partial charge is 0.481 e. The highest BCUT2D eigenvalue weighted by Gasteiger charge is 2.49. The third kappa shape index (κ3) is 4.52. The van der Waals surface area contributed by atoms with Gasteiger partial charge < -0.3 is 9.84 Å². The molecule has 7 heteroatoms. The van der Waals surface area contributed by atoms with Gasteiger partial charge in [-0.2, -0.15) is 0 Å². The molecule has 0 saturated carbocycles. The lowest BCUT2D eigenvalue weighted by Crippen LogP contribution is -2.46. The van der Waals surface area contributed by atoms with Gasteiger partial charge in [0.1, 0.15) is 0 Å². The number of carboxylic acid groups (broad SMARTS) is 1. The van der Waals surface area contributed by atoms with Crippen LogP contribution in [0.25, 0.3) is 0 Å². The average molecular weight is 379 g/mol. The molecule has 142 valence electrons. The van der Waals surface area contributed by atoms with Crippen LogP contribution in [0.5, 0.6) is 0 Å². The number of carbonyl (C=O) groups is 1. The Morgan fingerprint density at radius 1 is 1.19 bits per heavy atom. The minimum atomic E-state index is -3.57. The second-order valence-corrected chi connectivity index (χ2v) is 8.62. The summed E-state index contributed by atoms with van der Waals surface area (Å²) in [7, 11) is -3.57. The lowest BCUT2D eigenvalue weighted by Gasteiger charge is -2.27. The molecule has 0 amide bonds. The number of rotatable bonds is 9. The van der Waals surface area contributed by atoms with Crippen LogP contribution in [0.1, 0.15) is 38.5 Å². The summed E-state index contributed by atoms with van der Waals surface area (Å²) >= 11 is 0. The molecule has 0 spiro atoms. The molecule has 0 aliphatic carbocycles. The maximum absolute atomic E-state index is 12.6. The first-order chi connectivity index (χ1) is 12.5. The van der Waals surface area contributed by atoms with Crippen molar-refractivity contribution in [1.29, 1.82) is 0 Å². The summed E-state index contributed by atoms with van der Waals surface area (Å²) in [6.45, 7) is 0. The Morgan fingerprint density at radius 3 is 2.65 bits per heavy atom. The monoisotopic (exact) mass is 379 g/mol. The quantitative estimate of drug-likeness (QED) is 0.508. The first-order valence-corrected chi connectivity index (χ1v) is 10.6. The number of aliphatic carboxylic acids is 1. The van der Waals surface area contributed by atoms with Crippen LogP contribution in [-0.2, 0) is 19.6 Å². The molecular formula is C19H25NO5S. The maximum atomic E-state index is 12.6. The summed E-state index contributed by atoms with van der Waals surface area (Å²) in [5, 5.41) is 8.65. The highest BCUT2D eigenvalue weighted by molar-refractivity contribution is 7.89. The fraction of sp³-hybridized carbons (Fsp3) is 0.526. The minimum absolute atomic E-state index is 0.0658. The summed E-state index contributed by atoms with van der Waals surface area (Å²) in [6.07, 6.45) is 8.11. The molecule has 2 N–H and O–H groups in total. The van der Waals surface area contributed by atoms with Gasteiger partial charge in [0.2, 0.25) is 10.0 Å². The molecule has 2 aliphatic heterocycles. The molecule has 6 nitrogen and oxygen atoms in total. The van der Waals surface area contributed by atoms with Gasteiger partial charge in [0.05, 0.1) is 23.1 Å². The molecule has 2 saturated heterocycles. The zero-order valence-electron chi connectivity index (χ0n) is 14.6. The molecule has 26 heavy (non-hydrogen) atoms. The fourth-order valence-electron chi connectivity index (χ4n) is 3.83. The lowest BCUT2D eigenvalue weighted by molar-refractivity contribution is -0.137. The van der Waals surface area contributed by atoms with E-state index in [1.807, 2.05) is 12.2 Å². The Bertz CT molecular complexity index is 746. The van der Waals surface area contributed by atoms with E-state index in [1.165, 1.54) is 0 Å². The van der Waals surface area contributed by atoms with Crippen molar-refractivity contribution in [2.24, 2.45) is 5.92 Å². The van der Waals surface area contributed by atoms with Crippen molar-refractivity contribution < 1.29 is 23.1 Å². The van der Waals surface area contributed by atoms with Gasteiger partial charge in [-0.25, -0.2) is 13.1 Å². The second-order valence-electron chi connectivity index (χ2n) is 6.91. The van der Waals surface area contributed by atoms with Crippen LogP contribution < -0.4 is 4.72 Å². The van der Waals surface area contributed by atoms with E-state index < -0.39 is 16.0 Å². The number of fused-ring (bicyclic) bond motifs is 2. The van der Waals surface area contributed by atoms with E-state index in [4.69, 9.17) is 9.84 Å². The molecule has 3 rings (SSSR count). The number of unbranched alkanes of at least 4 members (excludes halogenated alkanes) is 1.